The molecule has 8 heteroatoms. The molecule has 0 bridgehead atoms. The van der Waals surface area contributed by atoms with Gasteiger partial charge in [0.1, 0.15) is 0 Å². The molecule has 5 nitrogen and oxygen atoms in total. The number of rotatable bonds is 1. The van der Waals surface area contributed by atoms with E-state index >= 15 is 0 Å². The van der Waals surface area contributed by atoms with Gasteiger partial charge in [0.2, 0.25) is 5.91 Å². The molecule has 0 aromatic rings. The van der Waals surface area contributed by atoms with Crippen LogP contribution in [-0.4, -0.2) is 35.2 Å². The summed E-state index contributed by atoms with van der Waals surface area (Å²) in [6.45, 7) is 1.12. The summed E-state index contributed by atoms with van der Waals surface area (Å²) in [5.41, 5.74) is 5.48. The Morgan fingerprint density at radius 2 is 1.76 bits per heavy atom. The minimum absolute atomic E-state index is 0.126. The van der Waals surface area contributed by atoms with Crippen LogP contribution in [-0.2, 0) is 9.59 Å². The van der Waals surface area contributed by atoms with Crippen LogP contribution in [0, 0.1) is 5.92 Å². The van der Waals surface area contributed by atoms with Crippen LogP contribution in [0.25, 0.3) is 0 Å². The van der Waals surface area contributed by atoms with Crippen LogP contribution in [0.15, 0.2) is 0 Å². The van der Waals surface area contributed by atoms with E-state index in [0.717, 1.165) is 19.4 Å². The Hall–Kier alpha value is -1.31. The molecular weight excluding hydrogens is 241 g/mol. The molecule has 98 valence electrons. The van der Waals surface area contributed by atoms with E-state index < -0.39 is 12.1 Å². The smallest absolute Gasteiger partial charge is 0.475 e. The standard InChI is InChI=1S/C7H12N2O.C2HF3O2/c8-6(10)5-3-7(4-5)1-2-9-7;3-2(4,5)1(6)7/h5,9H,1-4H2,(H2,8,10);(H,6,7). The lowest BCUT2D eigenvalue weighted by molar-refractivity contribution is -0.192. The highest BCUT2D eigenvalue weighted by Crippen LogP contribution is 2.43. The summed E-state index contributed by atoms with van der Waals surface area (Å²) < 4.78 is 31.7. The van der Waals surface area contributed by atoms with Crippen LogP contribution in [0.5, 0.6) is 0 Å². The van der Waals surface area contributed by atoms with E-state index in [1.807, 2.05) is 0 Å². The first kappa shape index (κ1) is 13.8. The highest BCUT2D eigenvalue weighted by atomic mass is 19.4. The number of primary amides is 1. The highest BCUT2D eigenvalue weighted by Gasteiger charge is 2.49. The second-order valence-corrected chi connectivity index (χ2v) is 4.27. The van der Waals surface area contributed by atoms with Gasteiger partial charge in [-0.1, -0.05) is 0 Å². The molecule has 2 aliphatic rings. The van der Waals surface area contributed by atoms with Crippen LogP contribution >= 0.6 is 0 Å². The molecule has 0 aromatic heterocycles. The summed E-state index contributed by atoms with van der Waals surface area (Å²) in [6.07, 6.45) is -1.90. The molecular formula is C9H13F3N2O3. The zero-order chi connectivity index (χ0) is 13.3. The van der Waals surface area contributed by atoms with Gasteiger partial charge in [-0.2, -0.15) is 13.2 Å². The van der Waals surface area contributed by atoms with Gasteiger partial charge in [-0.3, -0.25) is 4.79 Å². The Balaban J connectivity index is 0.000000185. The maximum atomic E-state index is 10.6. The number of hydrogen-bond donors (Lipinski definition) is 3. The Bertz CT molecular complexity index is 318. The van der Waals surface area contributed by atoms with Gasteiger partial charge in [0.25, 0.3) is 0 Å². The predicted octanol–water partition coefficient (Wildman–Crippen LogP) is 0.247. The highest BCUT2D eigenvalue weighted by molar-refractivity contribution is 5.78. The van der Waals surface area contributed by atoms with Crippen molar-refractivity contribution in [2.45, 2.75) is 31.0 Å². The van der Waals surface area contributed by atoms with Crippen molar-refractivity contribution in [2.75, 3.05) is 6.54 Å². The van der Waals surface area contributed by atoms with E-state index in [4.69, 9.17) is 15.6 Å². The number of alkyl halides is 3. The van der Waals surface area contributed by atoms with Gasteiger partial charge in [0.15, 0.2) is 0 Å². The summed E-state index contributed by atoms with van der Waals surface area (Å²) in [6, 6.07) is 0. The molecule has 2 fully saturated rings. The molecule has 1 saturated carbocycles. The molecule has 17 heavy (non-hydrogen) atoms. The van der Waals surface area contributed by atoms with Crippen LogP contribution < -0.4 is 11.1 Å². The van der Waals surface area contributed by atoms with Gasteiger partial charge in [-0.05, 0) is 25.8 Å². The summed E-state index contributed by atoms with van der Waals surface area (Å²) in [4.78, 5) is 19.5. The number of nitrogens with two attached hydrogens (primary N) is 1. The molecule has 0 atom stereocenters. The Kier molecular flexibility index (Phi) is 3.65. The van der Waals surface area contributed by atoms with Crippen LogP contribution in [0.1, 0.15) is 19.3 Å². The third kappa shape index (κ3) is 3.32. The molecule has 2 rings (SSSR count). The van der Waals surface area contributed by atoms with E-state index in [0.29, 0.717) is 5.54 Å². The third-order valence-corrected chi connectivity index (χ3v) is 3.02. The summed E-state index contributed by atoms with van der Waals surface area (Å²) >= 11 is 0. The van der Waals surface area contributed by atoms with Crippen molar-refractivity contribution in [3.63, 3.8) is 0 Å². The maximum Gasteiger partial charge on any atom is 0.490 e. The van der Waals surface area contributed by atoms with Gasteiger partial charge in [-0.25, -0.2) is 4.79 Å². The van der Waals surface area contributed by atoms with Crippen molar-refractivity contribution in [1.29, 1.82) is 0 Å². The lowest BCUT2D eigenvalue weighted by atomic mass is 9.63. The van der Waals surface area contributed by atoms with Crippen molar-refractivity contribution in [1.82, 2.24) is 5.32 Å². The number of carboxylic acids is 1. The van der Waals surface area contributed by atoms with Crippen molar-refractivity contribution in [3.05, 3.63) is 0 Å². The molecule has 1 heterocycles. The first-order chi connectivity index (χ1) is 7.66. The van der Waals surface area contributed by atoms with Crippen LogP contribution in [0.3, 0.4) is 0 Å². The summed E-state index contributed by atoms with van der Waals surface area (Å²) in [5.74, 6) is -2.72. The number of carbonyl (C=O) groups excluding carboxylic acids is 1. The van der Waals surface area contributed by atoms with Crippen LogP contribution in [0.4, 0.5) is 13.2 Å². The average molecular weight is 254 g/mol. The zero-order valence-electron chi connectivity index (χ0n) is 8.88. The van der Waals surface area contributed by atoms with Crippen LogP contribution in [0.2, 0.25) is 0 Å². The number of carbonyl (C=O) groups is 2. The Morgan fingerprint density at radius 3 is 1.94 bits per heavy atom. The molecule has 0 unspecified atom stereocenters. The van der Waals surface area contributed by atoms with Crippen molar-refractivity contribution in [3.8, 4) is 0 Å². The number of aliphatic carboxylic acids is 1. The van der Waals surface area contributed by atoms with E-state index in [-0.39, 0.29) is 11.8 Å². The van der Waals surface area contributed by atoms with Gasteiger partial charge in [-0.15, -0.1) is 0 Å². The first-order valence-electron chi connectivity index (χ1n) is 5.01. The number of nitrogens with one attached hydrogen (secondary N) is 1. The monoisotopic (exact) mass is 254 g/mol. The first-order valence-corrected chi connectivity index (χ1v) is 5.01. The molecule has 1 spiro atoms. The molecule has 0 radical (unpaired) electrons. The van der Waals surface area contributed by atoms with E-state index in [9.17, 15) is 18.0 Å². The van der Waals surface area contributed by atoms with Crippen molar-refractivity contribution < 1.29 is 27.9 Å². The molecule has 1 aliphatic heterocycles. The Morgan fingerprint density at radius 1 is 1.35 bits per heavy atom. The normalized spacial score (nSPS) is 30.6. The number of halogens is 3. The van der Waals surface area contributed by atoms with Crippen molar-refractivity contribution >= 4 is 11.9 Å². The number of amides is 1. The second-order valence-electron chi connectivity index (χ2n) is 4.27. The van der Waals surface area contributed by atoms with E-state index in [1.165, 1.54) is 6.42 Å². The topological polar surface area (TPSA) is 92.4 Å². The van der Waals surface area contributed by atoms with Gasteiger partial charge < -0.3 is 16.2 Å². The summed E-state index contributed by atoms with van der Waals surface area (Å²) in [5, 5.41) is 10.5. The second kappa shape index (κ2) is 4.52. The Labute approximate surface area is 95.2 Å². The fraction of sp³-hybridized carbons (Fsp3) is 0.778. The molecule has 1 amide bonds. The lowest BCUT2D eigenvalue weighted by Gasteiger charge is -2.53. The number of hydrogen-bond acceptors (Lipinski definition) is 3. The van der Waals surface area contributed by atoms with Crippen molar-refractivity contribution in [2.24, 2.45) is 11.7 Å². The fourth-order valence-corrected chi connectivity index (χ4v) is 1.91. The average Bonchev–Trinajstić information content (AvgIpc) is 1.96. The SMILES string of the molecule is NC(=O)C1CC2(CCN2)C1.O=C(O)C(F)(F)F. The molecule has 0 aromatic carbocycles. The molecule has 1 saturated heterocycles. The minimum atomic E-state index is -5.08. The summed E-state index contributed by atoms with van der Waals surface area (Å²) in [7, 11) is 0. The zero-order valence-corrected chi connectivity index (χ0v) is 8.88. The predicted molar refractivity (Wildman–Crippen MR) is 51.0 cm³/mol. The third-order valence-electron chi connectivity index (χ3n) is 3.02. The van der Waals surface area contributed by atoms with Gasteiger partial charge in [0.05, 0.1) is 0 Å². The molecule has 1 aliphatic carbocycles. The lowest BCUT2D eigenvalue weighted by Crippen LogP contribution is -2.66. The fourth-order valence-electron chi connectivity index (χ4n) is 1.91. The van der Waals surface area contributed by atoms with Gasteiger partial charge >= 0.3 is 12.1 Å². The molecule has 4 N–H and O–H groups in total. The number of carboxylic acid groups (broad SMARTS) is 1. The minimum Gasteiger partial charge on any atom is -0.475 e. The van der Waals surface area contributed by atoms with E-state index in [2.05, 4.69) is 5.32 Å². The largest absolute Gasteiger partial charge is 0.490 e. The quantitative estimate of drug-likeness (QED) is 0.625. The maximum absolute atomic E-state index is 10.6. The van der Waals surface area contributed by atoms with Gasteiger partial charge in [0, 0.05) is 11.5 Å². The van der Waals surface area contributed by atoms with E-state index in [1.54, 1.807) is 0 Å².